The number of rotatable bonds is 5. The van der Waals surface area contributed by atoms with E-state index in [4.69, 9.17) is 0 Å². The number of hydrogen-bond donors (Lipinski definition) is 0. The van der Waals surface area contributed by atoms with Crippen molar-refractivity contribution < 1.29 is 26.0 Å². The van der Waals surface area contributed by atoms with E-state index in [-0.39, 0.29) is 13.1 Å². The molecule has 0 unspecified atom stereocenters. The van der Waals surface area contributed by atoms with E-state index in [1.807, 2.05) is 0 Å². The third-order valence-corrected chi connectivity index (χ3v) is 5.16. The Labute approximate surface area is 131 Å². The second kappa shape index (κ2) is 6.67. The zero-order chi connectivity index (χ0) is 17.2. The van der Waals surface area contributed by atoms with Gasteiger partial charge in [0, 0.05) is 13.1 Å². The lowest BCUT2D eigenvalue weighted by Crippen LogP contribution is -2.31. The van der Waals surface area contributed by atoms with E-state index in [2.05, 4.69) is 0 Å². The highest BCUT2D eigenvalue weighted by Gasteiger charge is 2.29. The van der Waals surface area contributed by atoms with Crippen molar-refractivity contribution in [3.8, 4) is 0 Å². The van der Waals surface area contributed by atoms with Gasteiger partial charge < -0.3 is 0 Å². The average molecular weight is 347 g/mol. The summed E-state index contributed by atoms with van der Waals surface area (Å²) in [7, 11) is -4.40. The fourth-order valence-corrected chi connectivity index (χ4v) is 3.55. The molecular weight excluding hydrogens is 334 g/mol. The lowest BCUT2D eigenvalue weighted by atomic mass is 10.2. The van der Waals surface area contributed by atoms with E-state index in [1.165, 1.54) is 25.1 Å². The predicted molar refractivity (Wildman–Crippen MR) is 76.0 cm³/mol. The fourth-order valence-electron chi connectivity index (χ4n) is 2.05. The standard InChI is InChI=1S/C15H13F4NO2S/c1-2-20(9-10-4-3-5-11(16)8-10)23(21,22)13-7-6-12(17)14(18)15(13)19/h3-8H,2,9H2,1H3. The molecule has 2 rings (SSSR count). The van der Waals surface area contributed by atoms with Crippen LogP contribution >= 0.6 is 0 Å². The molecule has 2 aromatic carbocycles. The summed E-state index contributed by atoms with van der Waals surface area (Å²) in [5.41, 5.74) is 0.346. The van der Waals surface area contributed by atoms with Crippen molar-refractivity contribution in [1.82, 2.24) is 4.31 Å². The minimum Gasteiger partial charge on any atom is -0.207 e. The minimum atomic E-state index is -4.40. The van der Waals surface area contributed by atoms with E-state index in [0.717, 1.165) is 10.4 Å². The molecular formula is C15H13F4NO2S. The predicted octanol–water partition coefficient (Wildman–Crippen LogP) is 3.45. The van der Waals surface area contributed by atoms with Gasteiger partial charge in [-0.25, -0.2) is 26.0 Å². The van der Waals surface area contributed by atoms with Crippen LogP contribution in [-0.2, 0) is 16.6 Å². The van der Waals surface area contributed by atoms with Crippen LogP contribution in [0.25, 0.3) is 0 Å². The van der Waals surface area contributed by atoms with Crippen molar-refractivity contribution in [1.29, 1.82) is 0 Å². The van der Waals surface area contributed by atoms with Crippen LogP contribution in [0.1, 0.15) is 12.5 Å². The zero-order valence-electron chi connectivity index (χ0n) is 12.1. The van der Waals surface area contributed by atoms with Gasteiger partial charge in [0.25, 0.3) is 0 Å². The highest BCUT2D eigenvalue weighted by molar-refractivity contribution is 7.89. The summed E-state index contributed by atoms with van der Waals surface area (Å²) < 4.78 is 78.9. The van der Waals surface area contributed by atoms with Crippen LogP contribution in [0.15, 0.2) is 41.3 Å². The summed E-state index contributed by atoms with van der Waals surface area (Å²) in [5.74, 6) is -5.65. The second-order valence-electron chi connectivity index (χ2n) is 4.73. The maximum absolute atomic E-state index is 13.8. The van der Waals surface area contributed by atoms with Crippen molar-refractivity contribution in [3.63, 3.8) is 0 Å². The molecule has 0 aliphatic rings. The number of halogens is 4. The van der Waals surface area contributed by atoms with Crippen LogP contribution in [-0.4, -0.2) is 19.3 Å². The highest BCUT2D eigenvalue weighted by Crippen LogP contribution is 2.24. The molecule has 0 heterocycles. The summed E-state index contributed by atoms with van der Waals surface area (Å²) in [5, 5.41) is 0. The molecule has 8 heteroatoms. The molecule has 2 aromatic rings. The van der Waals surface area contributed by atoms with Gasteiger partial charge in [-0.15, -0.1) is 0 Å². The molecule has 0 fully saturated rings. The van der Waals surface area contributed by atoms with Gasteiger partial charge in [0.1, 0.15) is 10.7 Å². The number of hydrogen-bond acceptors (Lipinski definition) is 2. The Balaban J connectivity index is 2.42. The topological polar surface area (TPSA) is 37.4 Å². The van der Waals surface area contributed by atoms with Crippen molar-refractivity contribution in [2.45, 2.75) is 18.4 Å². The quantitative estimate of drug-likeness (QED) is 0.614. The van der Waals surface area contributed by atoms with E-state index < -0.39 is 38.2 Å². The molecule has 0 aliphatic carbocycles. The van der Waals surface area contributed by atoms with Gasteiger partial charge in [-0.1, -0.05) is 19.1 Å². The van der Waals surface area contributed by atoms with Gasteiger partial charge in [-0.3, -0.25) is 0 Å². The van der Waals surface area contributed by atoms with Crippen LogP contribution in [0.2, 0.25) is 0 Å². The molecule has 0 aromatic heterocycles. The third kappa shape index (κ3) is 3.53. The van der Waals surface area contributed by atoms with E-state index in [9.17, 15) is 26.0 Å². The molecule has 0 radical (unpaired) electrons. The van der Waals surface area contributed by atoms with Crippen molar-refractivity contribution in [2.24, 2.45) is 0 Å². The molecule has 3 nitrogen and oxygen atoms in total. The van der Waals surface area contributed by atoms with Crippen LogP contribution < -0.4 is 0 Å². The summed E-state index contributed by atoms with van der Waals surface area (Å²) in [6.07, 6.45) is 0. The first kappa shape index (κ1) is 17.4. The largest absolute Gasteiger partial charge is 0.246 e. The second-order valence-corrected chi connectivity index (χ2v) is 6.64. The fraction of sp³-hybridized carbons (Fsp3) is 0.200. The van der Waals surface area contributed by atoms with Crippen LogP contribution in [0, 0.1) is 23.3 Å². The minimum absolute atomic E-state index is 0.0583. The molecule has 0 atom stereocenters. The van der Waals surface area contributed by atoms with Crippen LogP contribution in [0.5, 0.6) is 0 Å². The highest BCUT2D eigenvalue weighted by atomic mass is 32.2. The van der Waals surface area contributed by atoms with Crippen LogP contribution in [0.4, 0.5) is 17.6 Å². The maximum Gasteiger partial charge on any atom is 0.246 e. The molecule has 0 bridgehead atoms. The Kier molecular flexibility index (Phi) is 5.06. The summed E-state index contributed by atoms with van der Waals surface area (Å²) in [6.45, 7) is 1.21. The molecule has 0 amide bonds. The third-order valence-electron chi connectivity index (χ3n) is 3.22. The van der Waals surface area contributed by atoms with Crippen molar-refractivity contribution in [2.75, 3.05) is 6.54 Å². The van der Waals surface area contributed by atoms with E-state index >= 15 is 0 Å². The Morgan fingerprint density at radius 3 is 2.30 bits per heavy atom. The lowest BCUT2D eigenvalue weighted by molar-refractivity contribution is 0.404. The van der Waals surface area contributed by atoms with Gasteiger partial charge in [0.05, 0.1) is 0 Å². The SMILES string of the molecule is CCN(Cc1cccc(F)c1)S(=O)(=O)c1ccc(F)c(F)c1F. The molecule has 23 heavy (non-hydrogen) atoms. The number of nitrogens with zero attached hydrogens (tertiary/aromatic N) is 1. The first-order valence-corrected chi connectivity index (χ1v) is 8.09. The first-order chi connectivity index (χ1) is 10.8. The van der Waals surface area contributed by atoms with Gasteiger partial charge in [0.15, 0.2) is 17.5 Å². The number of sulfonamides is 1. The summed E-state index contributed by atoms with van der Waals surface area (Å²) in [4.78, 5) is -0.963. The lowest BCUT2D eigenvalue weighted by Gasteiger charge is -2.21. The summed E-state index contributed by atoms with van der Waals surface area (Å²) in [6, 6.07) is 6.45. The molecule has 0 saturated heterocycles. The Morgan fingerprint density at radius 2 is 1.70 bits per heavy atom. The van der Waals surface area contributed by atoms with Crippen molar-refractivity contribution in [3.05, 3.63) is 65.2 Å². The van der Waals surface area contributed by atoms with Gasteiger partial charge in [0.2, 0.25) is 10.0 Å². The normalized spacial score (nSPS) is 11.9. The molecule has 0 N–H and O–H groups in total. The van der Waals surface area contributed by atoms with Crippen molar-refractivity contribution >= 4 is 10.0 Å². The van der Waals surface area contributed by atoms with Gasteiger partial charge in [-0.2, -0.15) is 4.31 Å². The Morgan fingerprint density at radius 1 is 1.00 bits per heavy atom. The average Bonchev–Trinajstić information content (AvgIpc) is 2.50. The number of benzene rings is 2. The first-order valence-electron chi connectivity index (χ1n) is 6.65. The van der Waals surface area contributed by atoms with E-state index in [1.54, 1.807) is 0 Å². The van der Waals surface area contributed by atoms with Gasteiger partial charge >= 0.3 is 0 Å². The summed E-state index contributed by atoms with van der Waals surface area (Å²) >= 11 is 0. The monoisotopic (exact) mass is 347 g/mol. The molecule has 0 spiro atoms. The maximum atomic E-state index is 13.8. The Hall–Kier alpha value is -1.93. The smallest absolute Gasteiger partial charge is 0.207 e. The molecule has 124 valence electrons. The molecule has 0 saturated carbocycles. The van der Waals surface area contributed by atoms with E-state index in [0.29, 0.717) is 17.7 Å². The van der Waals surface area contributed by atoms with Crippen LogP contribution in [0.3, 0.4) is 0 Å². The zero-order valence-corrected chi connectivity index (χ0v) is 12.9. The van der Waals surface area contributed by atoms with Gasteiger partial charge in [-0.05, 0) is 29.8 Å². The Bertz CT molecular complexity index is 824. The molecule has 0 aliphatic heterocycles.